The van der Waals surface area contributed by atoms with E-state index in [0.717, 1.165) is 19.4 Å². The van der Waals surface area contributed by atoms with Crippen LogP contribution < -0.4 is 20.8 Å². The van der Waals surface area contributed by atoms with Crippen LogP contribution in [-0.2, 0) is 9.84 Å². The highest BCUT2D eigenvalue weighted by Gasteiger charge is 2.31. The number of hydrogen-bond acceptors (Lipinski definition) is 5. The Morgan fingerprint density at radius 1 is 1.00 bits per heavy atom. The van der Waals surface area contributed by atoms with Crippen molar-refractivity contribution in [1.82, 2.24) is 5.32 Å². The molecule has 0 spiro atoms. The lowest BCUT2D eigenvalue weighted by atomic mass is 10.1. The molecule has 3 aromatic carbocycles. The van der Waals surface area contributed by atoms with Crippen LogP contribution in [0, 0.1) is 5.82 Å². The molecule has 2 aliphatic heterocycles. The predicted molar refractivity (Wildman–Crippen MR) is 117 cm³/mol. The third kappa shape index (κ3) is 3.64. The minimum absolute atomic E-state index is 0.0991. The maximum atomic E-state index is 14.0. The molecular formula is C24H22FN3O2S. The van der Waals surface area contributed by atoms with Crippen LogP contribution in [0.2, 0.25) is 0 Å². The molecule has 158 valence electrons. The predicted octanol–water partition coefficient (Wildman–Crippen LogP) is 2.61. The molecule has 5 nitrogen and oxygen atoms in total. The highest BCUT2D eigenvalue weighted by molar-refractivity contribution is 7.91. The maximum Gasteiger partial charge on any atom is 0.207 e. The summed E-state index contributed by atoms with van der Waals surface area (Å²) in [5.41, 5.74) is 0.639. The summed E-state index contributed by atoms with van der Waals surface area (Å²) in [5, 5.41) is 4.62. The Labute approximate surface area is 180 Å². The number of anilines is 1. The first-order valence-electron chi connectivity index (χ1n) is 10.3. The number of benzene rings is 3. The van der Waals surface area contributed by atoms with Crippen LogP contribution in [0.25, 0.3) is 6.20 Å². The number of fused-ring (bicyclic) bond motifs is 1. The third-order valence-corrected chi connectivity index (χ3v) is 7.60. The summed E-state index contributed by atoms with van der Waals surface area (Å²) in [7, 11) is -3.74. The van der Waals surface area contributed by atoms with E-state index in [0.29, 0.717) is 16.3 Å². The normalized spacial score (nSPS) is 20.6. The van der Waals surface area contributed by atoms with Crippen molar-refractivity contribution in [2.24, 2.45) is 4.99 Å². The average molecular weight is 436 g/mol. The lowest BCUT2D eigenvalue weighted by Crippen LogP contribution is -2.51. The summed E-state index contributed by atoms with van der Waals surface area (Å²) in [6, 6.07) is 19.9. The molecule has 2 aliphatic rings. The molecule has 1 N–H and O–H groups in total. The Morgan fingerprint density at radius 3 is 2.55 bits per heavy atom. The molecule has 0 radical (unpaired) electrons. The summed E-state index contributed by atoms with van der Waals surface area (Å²) in [6.07, 6.45) is 3.51. The van der Waals surface area contributed by atoms with E-state index in [2.05, 4.69) is 5.32 Å². The first-order chi connectivity index (χ1) is 15.0. The van der Waals surface area contributed by atoms with Crippen LogP contribution in [0.4, 0.5) is 10.1 Å². The summed E-state index contributed by atoms with van der Waals surface area (Å²) in [5.74, 6) is -0.347. The molecule has 7 heteroatoms. The number of hydrogen-bond donors (Lipinski definition) is 1. The topological polar surface area (TPSA) is 61.8 Å². The Bertz CT molecular complexity index is 1340. The number of halogens is 1. The van der Waals surface area contributed by atoms with E-state index in [9.17, 15) is 12.8 Å². The molecule has 1 fully saturated rings. The fourth-order valence-corrected chi connectivity index (χ4v) is 5.74. The minimum Gasteiger partial charge on any atom is -0.323 e. The number of sulfone groups is 1. The molecule has 0 amide bonds. The van der Waals surface area contributed by atoms with E-state index in [1.807, 2.05) is 17.0 Å². The minimum atomic E-state index is -3.74. The van der Waals surface area contributed by atoms with Crippen LogP contribution in [0.15, 0.2) is 87.6 Å². The van der Waals surface area contributed by atoms with Gasteiger partial charge in [0.25, 0.3) is 0 Å². The van der Waals surface area contributed by atoms with Gasteiger partial charge in [0.2, 0.25) is 9.84 Å². The Morgan fingerprint density at radius 2 is 1.81 bits per heavy atom. The molecule has 3 aromatic rings. The maximum absolute atomic E-state index is 14.0. The molecule has 31 heavy (non-hydrogen) atoms. The number of nitrogens with one attached hydrogen (secondary N) is 1. The Hall–Kier alpha value is -3.03. The van der Waals surface area contributed by atoms with E-state index in [1.165, 1.54) is 12.1 Å². The molecule has 2 heterocycles. The summed E-state index contributed by atoms with van der Waals surface area (Å²) in [6.45, 7) is 0.906. The van der Waals surface area contributed by atoms with E-state index in [1.54, 1.807) is 54.7 Å². The number of rotatable bonds is 4. The van der Waals surface area contributed by atoms with Gasteiger partial charge < -0.3 is 10.2 Å². The van der Waals surface area contributed by atoms with E-state index >= 15 is 0 Å². The summed E-state index contributed by atoms with van der Waals surface area (Å²) in [4.78, 5) is 7.24. The zero-order chi connectivity index (χ0) is 21.4. The van der Waals surface area contributed by atoms with Crippen LogP contribution in [-0.4, -0.2) is 27.2 Å². The van der Waals surface area contributed by atoms with Crippen molar-refractivity contribution in [1.29, 1.82) is 0 Å². The van der Waals surface area contributed by atoms with Crippen molar-refractivity contribution < 1.29 is 12.8 Å². The van der Waals surface area contributed by atoms with Crippen LogP contribution in [0.5, 0.6) is 0 Å². The van der Waals surface area contributed by atoms with Gasteiger partial charge in [-0.25, -0.2) is 12.8 Å². The zero-order valence-corrected chi connectivity index (χ0v) is 17.6. The van der Waals surface area contributed by atoms with Crippen molar-refractivity contribution in [3.8, 4) is 0 Å². The zero-order valence-electron chi connectivity index (χ0n) is 16.8. The van der Waals surface area contributed by atoms with E-state index < -0.39 is 9.84 Å². The van der Waals surface area contributed by atoms with Gasteiger partial charge in [0.05, 0.1) is 15.1 Å². The molecule has 1 unspecified atom stereocenters. The SMILES string of the molecule is O=S(=O)(c1ccccc1)c1cccc2c1=CN(c1cccc(F)c1)[C@H](C1CCCN1)N=2. The standard InChI is InChI=1S/C24H22FN3O2S/c25-17-7-4-8-18(15-17)28-16-20-21(27-24(28)22-12-6-14-26-22)11-5-13-23(20)31(29,30)19-9-2-1-3-10-19/h1-5,7-11,13,15-16,22,24,26H,6,12,14H2/t22?,24-/m1/s1. The first-order valence-corrected chi connectivity index (χ1v) is 11.8. The second kappa shape index (κ2) is 7.90. The first kappa shape index (κ1) is 19.9. The van der Waals surface area contributed by atoms with Crippen LogP contribution in [0.1, 0.15) is 12.8 Å². The highest BCUT2D eigenvalue weighted by atomic mass is 32.2. The molecule has 5 rings (SSSR count). The second-order valence-electron chi connectivity index (χ2n) is 7.77. The fourth-order valence-electron chi connectivity index (χ4n) is 4.27. The molecule has 0 saturated carbocycles. The van der Waals surface area contributed by atoms with Gasteiger partial charge in [0, 0.05) is 23.1 Å². The monoisotopic (exact) mass is 435 g/mol. The number of nitrogens with zero attached hydrogens (tertiary/aromatic N) is 2. The van der Waals surface area contributed by atoms with E-state index in [4.69, 9.17) is 4.99 Å². The van der Waals surface area contributed by atoms with Gasteiger partial charge in [-0.1, -0.05) is 30.3 Å². The quantitative estimate of drug-likeness (QED) is 0.685. The van der Waals surface area contributed by atoms with Gasteiger partial charge in [-0.2, -0.15) is 0 Å². The van der Waals surface area contributed by atoms with Gasteiger partial charge >= 0.3 is 0 Å². The van der Waals surface area contributed by atoms with Crippen LogP contribution >= 0.6 is 0 Å². The van der Waals surface area contributed by atoms with Crippen LogP contribution in [0.3, 0.4) is 0 Å². The van der Waals surface area contributed by atoms with Gasteiger partial charge in [-0.05, 0) is 61.9 Å². The van der Waals surface area contributed by atoms with Crippen molar-refractivity contribution in [2.45, 2.75) is 34.8 Å². The smallest absolute Gasteiger partial charge is 0.207 e. The van der Waals surface area contributed by atoms with Crippen molar-refractivity contribution in [3.63, 3.8) is 0 Å². The van der Waals surface area contributed by atoms with E-state index in [-0.39, 0.29) is 27.8 Å². The molecule has 0 bridgehead atoms. The lowest BCUT2D eigenvalue weighted by Gasteiger charge is -2.34. The molecule has 0 aromatic heterocycles. The largest absolute Gasteiger partial charge is 0.323 e. The van der Waals surface area contributed by atoms with Gasteiger partial charge in [-0.3, -0.25) is 4.99 Å². The summed E-state index contributed by atoms with van der Waals surface area (Å²) < 4.78 is 40.8. The van der Waals surface area contributed by atoms with Gasteiger partial charge in [0.1, 0.15) is 12.0 Å². The Balaban J connectivity index is 1.72. The fraction of sp³-hybridized carbons (Fsp3) is 0.208. The second-order valence-corrected chi connectivity index (χ2v) is 9.69. The third-order valence-electron chi connectivity index (χ3n) is 5.78. The van der Waals surface area contributed by atoms with Crippen molar-refractivity contribution >= 4 is 21.7 Å². The summed E-state index contributed by atoms with van der Waals surface area (Å²) >= 11 is 0. The molecule has 2 atom stereocenters. The Kier molecular flexibility index (Phi) is 5.08. The molecule has 1 saturated heterocycles. The van der Waals surface area contributed by atoms with Gasteiger partial charge in [-0.15, -0.1) is 0 Å². The highest BCUT2D eigenvalue weighted by Crippen LogP contribution is 2.26. The average Bonchev–Trinajstić information content (AvgIpc) is 3.33. The van der Waals surface area contributed by atoms with Gasteiger partial charge in [0.15, 0.2) is 0 Å². The lowest BCUT2D eigenvalue weighted by molar-refractivity contribution is 0.481. The molecular weight excluding hydrogens is 413 g/mol. The van der Waals surface area contributed by atoms with Crippen molar-refractivity contribution in [3.05, 3.63) is 89.2 Å². The molecule has 0 aliphatic carbocycles. The van der Waals surface area contributed by atoms with Crippen molar-refractivity contribution in [2.75, 3.05) is 11.4 Å².